The zero-order chi connectivity index (χ0) is 21.9. The summed E-state index contributed by atoms with van der Waals surface area (Å²) in [6, 6.07) is 18.6. The van der Waals surface area contributed by atoms with Gasteiger partial charge in [-0.1, -0.05) is 41.9 Å². The van der Waals surface area contributed by atoms with Gasteiger partial charge in [0, 0.05) is 10.7 Å². The molecule has 0 unspecified atom stereocenters. The van der Waals surface area contributed by atoms with E-state index in [1.165, 1.54) is 12.1 Å². The van der Waals surface area contributed by atoms with Crippen LogP contribution in [0.15, 0.2) is 71.6 Å². The summed E-state index contributed by atoms with van der Waals surface area (Å²) >= 11 is 6.05. The Morgan fingerprint density at radius 1 is 0.933 bits per heavy atom. The third-order valence-electron chi connectivity index (χ3n) is 4.92. The van der Waals surface area contributed by atoms with E-state index in [1.54, 1.807) is 49.4 Å². The minimum Gasteiger partial charge on any atom is -0.324 e. The molecule has 0 atom stereocenters. The van der Waals surface area contributed by atoms with Gasteiger partial charge >= 0.3 is 0 Å². The van der Waals surface area contributed by atoms with E-state index in [-0.39, 0.29) is 11.4 Å². The number of carbonyl (C=O) groups excluding carboxylic acids is 1. The van der Waals surface area contributed by atoms with Gasteiger partial charge < -0.3 is 5.32 Å². The number of sulfonamides is 1. The van der Waals surface area contributed by atoms with Gasteiger partial charge in [-0.25, -0.2) is 8.42 Å². The van der Waals surface area contributed by atoms with Crippen LogP contribution in [0.1, 0.15) is 16.7 Å². The second kappa shape index (κ2) is 8.90. The van der Waals surface area contributed by atoms with Gasteiger partial charge in [-0.05, 0) is 73.9 Å². The third-order valence-corrected chi connectivity index (χ3v) is 6.93. The molecule has 0 aromatic heterocycles. The minimum atomic E-state index is -3.97. The molecule has 0 aliphatic rings. The van der Waals surface area contributed by atoms with Crippen molar-refractivity contribution in [1.29, 1.82) is 0 Å². The molecule has 0 bridgehead atoms. The highest BCUT2D eigenvalue weighted by Gasteiger charge is 2.28. The molecule has 1 amide bonds. The van der Waals surface area contributed by atoms with Crippen LogP contribution in [-0.4, -0.2) is 20.9 Å². The van der Waals surface area contributed by atoms with Crippen molar-refractivity contribution in [1.82, 2.24) is 0 Å². The number of nitrogens with zero attached hydrogens (tertiary/aromatic N) is 1. The number of aryl methyl sites for hydroxylation is 2. The summed E-state index contributed by atoms with van der Waals surface area (Å²) in [4.78, 5) is 13.0. The molecule has 0 saturated carbocycles. The van der Waals surface area contributed by atoms with Crippen molar-refractivity contribution in [2.24, 2.45) is 0 Å². The molecule has 0 aliphatic heterocycles. The first-order valence-electron chi connectivity index (χ1n) is 9.40. The van der Waals surface area contributed by atoms with Gasteiger partial charge in [0.1, 0.15) is 6.54 Å². The Kier molecular flexibility index (Phi) is 6.48. The van der Waals surface area contributed by atoms with Crippen LogP contribution in [-0.2, 0) is 14.8 Å². The van der Waals surface area contributed by atoms with Crippen molar-refractivity contribution < 1.29 is 13.2 Å². The average molecular weight is 443 g/mol. The van der Waals surface area contributed by atoms with Crippen molar-refractivity contribution in [3.05, 3.63) is 88.4 Å². The maximum atomic E-state index is 13.4. The van der Waals surface area contributed by atoms with E-state index in [0.29, 0.717) is 22.0 Å². The number of amides is 1. The summed E-state index contributed by atoms with van der Waals surface area (Å²) in [5.74, 6) is -0.433. The Morgan fingerprint density at radius 2 is 1.63 bits per heavy atom. The van der Waals surface area contributed by atoms with Crippen molar-refractivity contribution in [2.75, 3.05) is 16.2 Å². The number of anilines is 2. The lowest BCUT2D eigenvalue weighted by Gasteiger charge is -2.26. The summed E-state index contributed by atoms with van der Waals surface area (Å²) in [6.45, 7) is 5.26. The quantitative estimate of drug-likeness (QED) is 0.577. The van der Waals surface area contributed by atoms with Crippen LogP contribution < -0.4 is 9.62 Å². The second-order valence-corrected chi connectivity index (χ2v) is 9.35. The summed E-state index contributed by atoms with van der Waals surface area (Å²) in [5.41, 5.74) is 3.69. The summed E-state index contributed by atoms with van der Waals surface area (Å²) < 4.78 is 27.9. The van der Waals surface area contributed by atoms with E-state index >= 15 is 0 Å². The lowest BCUT2D eigenvalue weighted by Crippen LogP contribution is -2.38. The molecule has 0 saturated heterocycles. The molecule has 7 heteroatoms. The average Bonchev–Trinajstić information content (AvgIpc) is 2.71. The number of carbonyl (C=O) groups is 1. The molecule has 3 aromatic rings. The lowest BCUT2D eigenvalue weighted by molar-refractivity contribution is -0.114. The predicted molar refractivity (Wildman–Crippen MR) is 122 cm³/mol. The topological polar surface area (TPSA) is 66.5 Å². The molecule has 0 fully saturated rings. The van der Waals surface area contributed by atoms with Gasteiger partial charge in [-0.15, -0.1) is 0 Å². The van der Waals surface area contributed by atoms with Crippen molar-refractivity contribution in [3.63, 3.8) is 0 Å². The molecule has 30 heavy (non-hydrogen) atoms. The Morgan fingerprint density at radius 3 is 2.30 bits per heavy atom. The van der Waals surface area contributed by atoms with Gasteiger partial charge in [-0.3, -0.25) is 9.10 Å². The van der Waals surface area contributed by atoms with Crippen molar-refractivity contribution in [3.8, 4) is 0 Å². The van der Waals surface area contributed by atoms with Crippen molar-refractivity contribution in [2.45, 2.75) is 25.7 Å². The number of nitrogens with one attached hydrogen (secondary N) is 1. The lowest BCUT2D eigenvalue weighted by atomic mass is 10.1. The van der Waals surface area contributed by atoms with E-state index in [2.05, 4.69) is 5.32 Å². The highest BCUT2D eigenvalue weighted by molar-refractivity contribution is 7.92. The van der Waals surface area contributed by atoms with E-state index in [9.17, 15) is 13.2 Å². The SMILES string of the molecule is Cc1cc(Cl)ccc1N(CC(=O)Nc1cccc(C)c1C)S(=O)(=O)c1ccccc1. The molecular formula is C23H23ClN2O3S. The molecular weight excluding hydrogens is 420 g/mol. The molecule has 0 spiro atoms. The van der Waals surface area contributed by atoms with Gasteiger partial charge in [0.05, 0.1) is 10.6 Å². The van der Waals surface area contributed by atoms with Crippen LogP contribution in [0, 0.1) is 20.8 Å². The predicted octanol–water partition coefficient (Wildman–Crippen LogP) is 5.10. The smallest absolute Gasteiger partial charge is 0.264 e. The van der Waals surface area contributed by atoms with Gasteiger partial charge in [-0.2, -0.15) is 0 Å². The van der Waals surface area contributed by atoms with E-state index in [4.69, 9.17) is 11.6 Å². The van der Waals surface area contributed by atoms with Gasteiger partial charge in [0.2, 0.25) is 5.91 Å². The fourth-order valence-corrected chi connectivity index (χ4v) is 4.86. The molecule has 1 N–H and O–H groups in total. The van der Waals surface area contributed by atoms with Gasteiger partial charge in [0.25, 0.3) is 10.0 Å². The number of hydrogen-bond acceptors (Lipinski definition) is 3. The molecule has 0 aliphatic carbocycles. The second-order valence-electron chi connectivity index (χ2n) is 7.05. The van der Waals surface area contributed by atoms with Crippen LogP contribution in [0.4, 0.5) is 11.4 Å². The molecule has 5 nitrogen and oxygen atoms in total. The fraction of sp³-hybridized carbons (Fsp3) is 0.174. The maximum Gasteiger partial charge on any atom is 0.264 e. The standard InChI is InChI=1S/C23H23ClN2O3S/c1-16-8-7-11-21(18(16)3)25-23(27)15-26(22-13-12-19(24)14-17(22)2)30(28,29)20-9-5-4-6-10-20/h4-14H,15H2,1-3H3,(H,25,27). The highest BCUT2D eigenvalue weighted by atomic mass is 35.5. The first-order chi connectivity index (χ1) is 14.2. The largest absolute Gasteiger partial charge is 0.324 e. The Labute approximate surface area is 182 Å². The highest BCUT2D eigenvalue weighted by Crippen LogP contribution is 2.29. The third kappa shape index (κ3) is 4.66. The van der Waals surface area contributed by atoms with Crippen LogP contribution in [0.25, 0.3) is 0 Å². The Bertz CT molecular complexity index is 1180. The molecule has 3 aromatic carbocycles. The van der Waals surface area contributed by atoms with E-state index in [0.717, 1.165) is 15.4 Å². The Hall–Kier alpha value is -2.83. The minimum absolute atomic E-state index is 0.110. The molecule has 156 valence electrons. The van der Waals surface area contributed by atoms with Crippen LogP contribution in [0.2, 0.25) is 5.02 Å². The number of halogens is 1. The van der Waals surface area contributed by atoms with Gasteiger partial charge in [0.15, 0.2) is 0 Å². The van der Waals surface area contributed by atoms with Crippen LogP contribution in [0.5, 0.6) is 0 Å². The van der Waals surface area contributed by atoms with E-state index in [1.807, 2.05) is 26.0 Å². The zero-order valence-corrected chi connectivity index (χ0v) is 18.6. The Balaban J connectivity index is 1.99. The fourth-order valence-electron chi connectivity index (χ4n) is 3.12. The van der Waals surface area contributed by atoms with E-state index < -0.39 is 15.9 Å². The van der Waals surface area contributed by atoms with Crippen molar-refractivity contribution >= 4 is 38.9 Å². The maximum absolute atomic E-state index is 13.4. The normalized spacial score (nSPS) is 11.2. The summed E-state index contributed by atoms with van der Waals surface area (Å²) in [7, 11) is -3.97. The number of benzene rings is 3. The number of rotatable bonds is 6. The zero-order valence-electron chi connectivity index (χ0n) is 17.0. The molecule has 0 heterocycles. The number of hydrogen-bond donors (Lipinski definition) is 1. The van der Waals surface area contributed by atoms with Crippen LogP contribution >= 0.6 is 11.6 Å². The summed E-state index contributed by atoms with van der Waals surface area (Å²) in [5, 5.41) is 3.33. The first kappa shape index (κ1) is 21.9. The first-order valence-corrected chi connectivity index (χ1v) is 11.2. The molecule has 0 radical (unpaired) electrons. The molecule has 3 rings (SSSR count). The van der Waals surface area contributed by atoms with Crippen LogP contribution in [0.3, 0.4) is 0 Å². The summed E-state index contributed by atoms with van der Waals surface area (Å²) in [6.07, 6.45) is 0. The monoisotopic (exact) mass is 442 g/mol.